The van der Waals surface area contributed by atoms with Crippen LogP contribution in [-0.2, 0) is 4.74 Å². The summed E-state index contributed by atoms with van der Waals surface area (Å²) >= 11 is 0. The lowest BCUT2D eigenvalue weighted by Gasteiger charge is -2.29. The zero-order chi connectivity index (χ0) is 15.2. The molecule has 2 unspecified atom stereocenters. The summed E-state index contributed by atoms with van der Waals surface area (Å²) in [6, 6.07) is 0.825. The van der Waals surface area contributed by atoms with Crippen molar-refractivity contribution in [2.24, 2.45) is 5.73 Å². The van der Waals surface area contributed by atoms with Crippen LogP contribution < -0.4 is 11.1 Å². The van der Waals surface area contributed by atoms with Crippen LogP contribution in [0.15, 0.2) is 0 Å². The minimum absolute atomic E-state index is 0.234. The fourth-order valence-corrected chi connectivity index (χ4v) is 2.52. The zero-order valence-corrected chi connectivity index (χ0v) is 13.4. The molecule has 0 heterocycles. The lowest BCUT2D eigenvalue weighted by Crippen LogP contribution is -2.44. The summed E-state index contributed by atoms with van der Waals surface area (Å²) in [7, 11) is 0. The Labute approximate surface area is 123 Å². The van der Waals surface area contributed by atoms with Crippen molar-refractivity contribution in [1.82, 2.24) is 10.2 Å². The zero-order valence-electron chi connectivity index (χ0n) is 13.4. The molecule has 5 heteroatoms. The Kier molecular flexibility index (Phi) is 6.76. The quantitative estimate of drug-likeness (QED) is 0.812. The number of nitrogens with two attached hydrogens (primary N) is 1. The second-order valence-corrected chi connectivity index (χ2v) is 6.64. The van der Waals surface area contributed by atoms with Gasteiger partial charge in [0.15, 0.2) is 0 Å². The van der Waals surface area contributed by atoms with Crippen molar-refractivity contribution in [2.45, 2.75) is 71.1 Å². The van der Waals surface area contributed by atoms with E-state index in [9.17, 15) is 4.79 Å². The minimum atomic E-state index is -0.436. The fourth-order valence-electron chi connectivity index (χ4n) is 2.52. The van der Waals surface area contributed by atoms with Crippen LogP contribution in [0.3, 0.4) is 0 Å². The average Bonchev–Trinajstić information content (AvgIpc) is 2.32. The Hall–Kier alpha value is -0.810. The number of likely N-dealkylation sites (N-methyl/N-ethyl adjacent to an activating group) is 1. The van der Waals surface area contributed by atoms with E-state index in [4.69, 9.17) is 10.5 Å². The number of amides is 1. The van der Waals surface area contributed by atoms with Crippen molar-refractivity contribution in [3.05, 3.63) is 0 Å². The van der Waals surface area contributed by atoms with Crippen LogP contribution in [0.4, 0.5) is 4.79 Å². The third-order valence-electron chi connectivity index (χ3n) is 3.56. The molecule has 0 aromatic carbocycles. The summed E-state index contributed by atoms with van der Waals surface area (Å²) in [5.74, 6) is 0. The van der Waals surface area contributed by atoms with E-state index in [-0.39, 0.29) is 6.09 Å². The second-order valence-electron chi connectivity index (χ2n) is 6.64. The van der Waals surface area contributed by atoms with Gasteiger partial charge in [-0.3, -0.25) is 0 Å². The first-order chi connectivity index (χ1) is 9.31. The van der Waals surface area contributed by atoms with Gasteiger partial charge in [0, 0.05) is 31.7 Å². The molecular formula is C15H31N3O2. The van der Waals surface area contributed by atoms with Crippen LogP contribution in [0.25, 0.3) is 0 Å². The standard InChI is InChI=1S/C15H31N3O2/c1-5-18(14(19)20-15(2,3)4)10-9-17-13-8-6-7-12(16)11-13/h12-13,17H,5-11,16H2,1-4H3. The van der Waals surface area contributed by atoms with Crippen molar-refractivity contribution in [3.63, 3.8) is 0 Å². The number of nitrogens with zero attached hydrogens (tertiary/aromatic N) is 1. The van der Waals surface area contributed by atoms with Gasteiger partial charge in [-0.25, -0.2) is 4.79 Å². The maximum Gasteiger partial charge on any atom is 0.410 e. The number of rotatable bonds is 5. The van der Waals surface area contributed by atoms with E-state index < -0.39 is 5.60 Å². The summed E-state index contributed by atoms with van der Waals surface area (Å²) in [4.78, 5) is 13.7. The number of hydrogen-bond acceptors (Lipinski definition) is 4. The maximum atomic E-state index is 12.0. The Morgan fingerprint density at radius 1 is 1.40 bits per heavy atom. The normalized spacial score (nSPS) is 23.4. The molecule has 1 amide bonds. The number of carbonyl (C=O) groups is 1. The predicted octanol–water partition coefficient (Wildman–Crippen LogP) is 2.10. The molecule has 1 rings (SSSR count). The molecule has 5 nitrogen and oxygen atoms in total. The highest BCUT2D eigenvalue weighted by Crippen LogP contribution is 2.16. The Bertz CT molecular complexity index is 302. The minimum Gasteiger partial charge on any atom is -0.444 e. The molecule has 3 N–H and O–H groups in total. The molecule has 20 heavy (non-hydrogen) atoms. The average molecular weight is 285 g/mol. The molecule has 1 aliphatic carbocycles. The number of carbonyl (C=O) groups excluding carboxylic acids is 1. The van der Waals surface area contributed by atoms with E-state index in [0.717, 1.165) is 19.4 Å². The van der Waals surface area contributed by atoms with Gasteiger partial charge in [0.05, 0.1) is 0 Å². The van der Waals surface area contributed by atoms with Crippen LogP contribution >= 0.6 is 0 Å². The summed E-state index contributed by atoms with van der Waals surface area (Å²) in [5, 5.41) is 3.51. The highest BCUT2D eigenvalue weighted by Gasteiger charge is 2.22. The molecule has 0 radical (unpaired) electrons. The fraction of sp³-hybridized carbons (Fsp3) is 0.933. The van der Waals surface area contributed by atoms with E-state index in [2.05, 4.69) is 5.32 Å². The van der Waals surface area contributed by atoms with E-state index in [1.165, 1.54) is 12.8 Å². The van der Waals surface area contributed by atoms with Crippen molar-refractivity contribution in [1.29, 1.82) is 0 Å². The van der Waals surface area contributed by atoms with Gasteiger partial charge < -0.3 is 20.7 Å². The SMILES string of the molecule is CCN(CCNC1CCCC(N)C1)C(=O)OC(C)(C)C. The summed E-state index contributed by atoms with van der Waals surface area (Å²) in [6.07, 6.45) is 4.33. The number of nitrogens with one attached hydrogen (secondary N) is 1. The molecule has 0 spiro atoms. The van der Waals surface area contributed by atoms with Crippen molar-refractivity contribution < 1.29 is 9.53 Å². The summed E-state index contributed by atoms with van der Waals surface area (Å²) in [6.45, 7) is 9.78. The van der Waals surface area contributed by atoms with Gasteiger partial charge in [-0.2, -0.15) is 0 Å². The van der Waals surface area contributed by atoms with Crippen molar-refractivity contribution in [3.8, 4) is 0 Å². The molecular weight excluding hydrogens is 254 g/mol. The Morgan fingerprint density at radius 3 is 2.65 bits per heavy atom. The lowest BCUT2D eigenvalue weighted by molar-refractivity contribution is 0.0260. The highest BCUT2D eigenvalue weighted by atomic mass is 16.6. The van der Waals surface area contributed by atoms with Crippen LogP contribution in [0.5, 0.6) is 0 Å². The van der Waals surface area contributed by atoms with Gasteiger partial charge in [-0.15, -0.1) is 0 Å². The largest absolute Gasteiger partial charge is 0.444 e. The number of hydrogen-bond donors (Lipinski definition) is 2. The number of ether oxygens (including phenoxy) is 1. The van der Waals surface area contributed by atoms with E-state index in [1.807, 2.05) is 27.7 Å². The predicted molar refractivity (Wildman–Crippen MR) is 81.7 cm³/mol. The van der Waals surface area contributed by atoms with Crippen LogP contribution in [-0.4, -0.2) is 48.3 Å². The smallest absolute Gasteiger partial charge is 0.410 e. The first-order valence-electron chi connectivity index (χ1n) is 7.78. The molecule has 0 aromatic heterocycles. The Morgan fingerprint density at radius 2 is 2.10 bits per heavy atom. The van der Waals surface area contributed by atoms with Gasteiger partial charge in [0.1, 0.15) is 5.60 Å². The molecule has 0 bridgehead atoms. The van der Waals surface area contributed by atoms with Gasteiger partial charge in [0.25, 0.3) is 0 Å². The lowest BCUT2D eigenvalue weighted by atomic mass is 9.92. The molecule has 1 aliphatic rings. The van der Waals surface area contributed by atoms with E-state index >= 15 is 0 Å². The molecule has 0 aromatic rings. The van der Waals surface area contributed by atoms with E-state index in [0.29, 0.717) is 25.2 Å². The van der Waals surface area contributed by atoms with Crippen molar-refractivity contribution >= 4 is 6.09 Å². The highest BCUT2D eigenvalue weighted by molar-refractivity contribution is 5.68. The molecule has 0 aliphatic heterocycles. The molecule has 2 atom stereocenters. The molecule has 118 valence electrons. The molecule has 1 saturated carbocycles. The first-order valence-corrected chi connectivity index (χ1v) is 7.78. The maximum absolute atomic E-state index is 12.0. The molecule has 1 fully saturated rings. The van der Waals surface area contributed by atoms with Gasteiger partial charge in [-0.1, -0.05) is 6.42 Å². The second kappa shape index (κ2) is 7.84. The molecule has 0 saturated heterocycles. The third-order valence-corrected chi connectivity index (χ3v) is 3.56. The monoisotopic (exact) mass is 285 g/mol. The van der Waals surface area contributed by atoms with E-state index in [1.54, 1.807) is 4.90 Å². The van der Waals surface area contributed by atoms with Crippen LogP contribution in [0.2, 0.25) is 0 Å². The summed E-state index contributed by atoms with van der Waals surface area (Å²) in [5.41, 5.74) is 5.54. The van der Waals surface area contributed by atoms with Gasteiger partial charge in [-0.05, 0) is 47.0 Å². The van der Waals surface area contributed by atoms with Gasteiger partial charge in [0.2, 0.25) is 0 Å². The van der Waals surface area contributed by atoms with Crippen molar-refractivity contribution in [2.75, 3.05) is 19.6 Å². The third kappa shape index (κ3) is 6.57. The van der Waals surface area contributed by atoms with Crippen LogP contribution in [0.1, 0.15) is 53.4 Å². The van der Waals surface area contributed by atoms with Crippen LogP contribution in [0, 0.1) is 0 Å². The Balaban J connectivity index is 2.28. The van der Waals surface area contributed by atoms with Gasteiger partial charge >= 0.3 is 6.09 Å². The summed E-state index contributed by atoms with van der Waals surface area (Å²) < 4.78 is 5.39. The topological polar surface area (TPSA) is 67.6 Å². The first kappa shape index (κ1) is 17.2.